The molecule has 7 aromatic rings. The summed E-state index contributed by atoms with van der Waals surface area (Å²) in [5, 5.41) is 18.7. The number of carboxylic acids is 2. The van der Waals surface area contributed by atoms with Gasteiger partial charge in [-0.2, -0.15) is 13.2 Å². The van der Waals surface area contributed by atoms with Gasteiger partial charge in [0.1, 0.15) is 47.4 Å². The van der Waals surface area contributed by atoms with Crippen LogP contribution in [0.5, 0.6) is 23.1 Å². The lowest BCUT2D eigenvalue weighted by atomic mass is 9.96. The number of aromatic nitrogens is 4. The minimum atomic E-state index is -5.08. The number of piperazine rings is 1. The first-order valence-corrected chi connectivity index (χ1v) is 22.5. The average Bonchev–Trinajstić information content (AvgIpc) is 3.73. The minimum absolute atomic E-state index is 0.0530. The van der Waals surface area contributed by atoms with Gasteiger partial charge in [-0.15, -0.1) is 11.3 Å². The Bertz CT molecular complexity index is 2920. The number of benzene rings is 4. The molecule has 360 valence electrons. The van der Waals surface area contributed by atoms with Gasteiger partial charge >= 0.3 is 18.1 Å². The van der Waals surface area contributed by atoms with E-state index in [0.717, 1.165) is 59.9 Å². The van der Waals surface area contributed by atoms with Crippen molar-refractivity contribution in [3.8, 4) is 56.1 Å². The predicted molar refractivity (Wildman–Crippen MR) is 252 cm³/mol. The zero-order chi connectivity index (χ0) is 49.2. The quantitative estimate of drug-likeness (QED) is 0.0878. The number of thiophene rings is 1. The number of methoxy groups -OCH3 is 1. The second-order valence-corrected chi connectivity index (χ2v) is 17.0. The number of carbonyl (C=O) groups is 2. The molecule has 8 rings (SSSR count). The highest BCUT2D eigenvalue weighted by Crippen LogP contribution is 2.49. The van der Waals surface area contributed by atoms with Crippen LogP contribution in [0.3, 0.4) is 0 Å². The number of nitrogens with zero attached hydrogens (tertiary/aromatic N) is 6. The number of rotatable bonds is 16. The maximum absolute atomic E-state index is 14.2. The van der Waals surface area contributed by atoms with Crippen molar-refractivity contribution in [2.45, 2.75) is 32.2 Å². The first-order valence-electron chi connectivity index (χ1n) is 21.3. The number of hydrogen-bond acceptors (Lipinski definition) is 13. The summed E-state index contributed by atoms with van der Waals surface area (Å²) in [6, 6.07) is 26.4. The Labute approximate surface area is 402 Å². The van der Waals surface area contributed by atoms with Crippen molar-refractivity contribution in [1.29, 1.82) is 0 Å². The Kier molecular flexibility index (Phi) is 16.3. The summed E-state index contributed by atoms with van der Waals surface area (Å²) in [6.45, 7) is 7.26. The predicted octanol–water partition coefficient (Wildman–Crippen LogP) is 9.51. The van der Waals surface area contributed by atoms with E-state index in [9.17, 15) is 27.5 Å². The number of fused-ring (bicyclic) bond motifs is 1. The molecule has 1 aliphatic heterocycles. The molecule has 1 aliphatic rings. The van der Waals surface area contributed by atoms with Crippen LogP contribution in [0.15, 0.2) is 104 Å². The van der Waals surface area contributed by atoms with E-state index in [-0.39, 0.29) is 24.7 Å². The fraction of sp³-hybridized carbons (Fsp3) is 0.265. The largest absolute Gasteiger partial charge is 0.496 e. The standard InChI is InChI=1S/C47H44ClFN6O6S.C2HF3O2/c1-29-34(16-17-38(42(29)48)59-25-24-55-22-20-54(2)21-23-55)40-41-45(51-28-52-46(41)62-43(40)30-12-14-32(49)15-13-30)61-39(47(56)57)26-31-8-4-6-10-36(31)60-27-33-18-19-50-44(53-33)35-9-5-7-11-37(35)58-3;3-2(4,5)1(6)7/h4-19,28,39H,20-27H2,1-3H3,(H,56,57);(H,6,7)/t39-;/m1./s1. The molecule has 14 nitrogen and oxygen atoms in total. The first-order chi connectivity index (χ1) is 33.1. The molecule has 1 fully saturated rings. The summed E-state index contributed by atoms with van der Waals surface area (Å²) in [5.41, 5.74) is 4.86. The second kappa shape index (κ2) is 22.5. The van der Waals surface area contributed by atoms with E-state index in [1.807, 2.05) is 55.5 Å². The van der Waals surface area contributed by atoms with Crippen molar-refractivity contribution in [2.24, 2.45) is 0 Å². The van der Waals surface area contributed by atoms with Gasteiger partial charge in [0.15, 0.2) is 5.82 Å². The fourth-order valence-electron chi connectivity index (χ4n) is 7.37. The van der Waals surface area contributed by atoms with Crippen molar-refractivity contribution in [3.05, 3.63) is 131 Å². The SMILES string of the molecule is COc1ccccc1-c1nccc(COc2ccccc2C[C@@H](Oc2ncnc3sc(-c4ccc(F)cc4)c(-c4ccc(OCCN5CCN(C)CC5)c(Cl)c4C)c23)C(=O)O)n1.O=C(O)C(F)(F)F. The van der Waals surface area contributed by atoms with Gasteiger partial charge in [0, 0.05) is 55.8 Å². The molecule has 0 saturated carbocycles. The van der Waals surface area contributed by atoms with Gasteiger partial charge in [-0.3, -0.25) is 4.90 Å². The van der Waals surface area contributed by atoms with Crippen LogP contribution in [-0.2, 0) is 22.6 Å². The van der Waals surface area contributed by atoms with Gasteiger partial charge in [-0.1, -0.05) is 60.1 Å². The van der Waals surface area contributed by atoms with E-state index in [4.69, 9.17) is 45.4 Å². The lowest BCUT2D eigenvalue weighted by molar-refractivity contribution is -0.192. The van der Waals surface area contributed by atoms with Crippen LogP contribution in [0.1, 0.15) is 16.8 Å². The number of ether oxygens (including phenoxy) is 4. The molecule has 2 N–H and O–H groups in total. The van der Waals surface area contributed by atoms with Crippen LogP contribution < -0.4 is 18.9 Å². The van der Waals surface area contributed by atoms with Gasteiger partial charge < -0.3 is 34.1 Å². The normalized spacial score (nSPS) is 13.6. The highest BCUT2D eigenvalue weighted by Gasteiger charge is 2.38. The Hall–Kier alpha value is -6.93. The molecule has 1 atom stereocenters. The van der Waals surface area contributed by atoms with Gasteiger partial charge in [-0.25, -0.2) is 33.9 Å². The highest BCUT2D eigenvalue weighted by molar-refractivity contribution is 7.22. The van der Waals surface area contributed by atoms with Crippen LogP contribution in [0.2, 0.25) is 5.02 Å². The molecule has 0 radical (unpaired) electrons. The molecule has 1 saturated heterocycles. The van der Waals surface area contributed by atoms with Gasteiger partial charge in [0.05, 0.1) is 28.8 Å². The van der Waals surface area contributed by atoms with E-state index in [1.165, 1.54) is 29.8 Å². The molecule has 3 aromatic heterocycles. The second-order valence-electron chi connectivity index (χ2n) is 15.6. The average molecular weight is 989 g/mol. The molecule has 0 spiro atoms. The van der Waals surface area contributed by atoms with Crippen molar-refractivity contribution < 1.29 is 56.3 Å². The highest BCUT2D eigenvalue weighted by atomic mass is 35.5. The van der Waals surface area contributed by atoms with E-state index in [0.29, 0.717) is 61.7 Å². The summed E-state index contributed by atoms with van der Waals surface area (Å²) in [6.07, 6.45) is -3.51. The summed E-state index contributed by atoms with van der Waals surface area (Å²) in [4.78, 5) is 46.1. The van der Waals surface area contributed by atoms with Gasteiger partial charge in [0.2, 0.25) is 12.0 Å². The van der Waals surface area contributed by atoms with Crippen molar-refractivity contribution in [2.75, 3.05) is 53.5 Å². The van der Waals surface area contributed by atoms with Gasteiger partial charge in [0.25, 0.3) is 0 Å². The molecular formula is C49H45ClF4N6O8S. The monoisotopic (exact) mass is 988 g/mol. The van der Waals surface area contributed by atoms with E-state index >= 15 is 0 Å². The fourth-order valence-corrected chi connectivity index (χ4v) is 8.74. The van der Waals surface area contributed by atoms with Crippen LogP contribution in [-0.4, -0.2) is 118 Å². The van der Waals surface area contributed by atoms with Crippen LogP contribution in [0.4, 0.5) is 17.6 Å². The first kappa shape index (κ1) is 50.0. The van der Waals surface area contributed by atoms with E-state index in [2.05, 4.69) is 31.8 Å². The van der Waals surface area contributed by atoms with Crippen LogP contribution >= 0.6 is 22.9 Å². The van der Waals surface area contributed by atoms with Gasteiger partial charge in [-0.05, 0) is 78.7 Å². The topological polar surface area (TPSA) is 170 Å². The maximum Gasteiger partial charge on any atom is 0.490 e. The van der Waals surface area contributed by atoms with E-state index < -0.39 is 24.2 Å². The van der Waals surface area contributed by atoms with Crippen LogP contribution in [0, 0.1) is 12.7 Å². The van der Waals surface area contributed by atoms with E-state index in [1.54, 1.807) is 43.6 Å². The molecular weight excluding hydrogens is 944 g/mol. The van der Waals surface area contributed by atoms with Crippen molar-refractivity contribution in [3.63, 3.8) is 0 Å². The molecule has 4 heterocycles. The molecule has 0 bridgehead atoms. The number of carboxylic acid groups (broad SMARTS) is 2. The molecule has 0 aliphatic carbocycles. The Morgan fingerprint density at radius 2 is 1.55 bits per heavy atom. The molecule has 4 aromatic carbocycles. The Balaban J connectivity index is 0.000000933. The number of halogens is 5. The lowest BCUT2D eigenvalue weighted by Crippen LogP contribution is -2.45. The summed E-state index contributed by atoms with van der Waals surface area (Å²) in [5.74, 6) is -2.09. The number of likely N-dealkylation sites (N-methyl/N-ethyl adjacent to an activating group) is 1. The molecule has 20 heteroatoms. The number of aliphatic carboxylic acids is 2. The zero-order valence-electron chi connectivity index (χ0n) is 37.4. The maximum atomic E-state index is 14.2. The number of alkyl halides is 3. The third-order valence-corrected chi connectivity index (χ3v) is 12.6. The molecule has 0 amide bonds. The zero-order valence-corrected chi connectivity index (χ0v) is 38.9. The Morgan fingerprint density at radius 3 is 2.25 bits per heavy atom. The number of hydrogen-bond donors (Lipinski definition) is 2. The minimum Gasteiger partial charge on any atom is -0.496 e. The third-order valence-electron chi connectivity index (χ3n) is 11.0. The number of para-hydroxylation sites is 2. The molecule has 69 heavy (non-hydrogen) atoms. The lowest BCUT2D eigenvalue weighted by Gasteiger charge is -2.32. The van der Waals surface area contributed by atoms with Crippen LogP contribution in [0.25, 0.3) is 43.2 Å². The summed E-state index contributed by atoms with van der Waals surface area (Å²) < 4.78 is 70.3. The van der Waals surface area contributed by atoms with Crippen molar-refractivity contribution in [1.82, 2.24) is 29.7 Å². The molecule has 0 unspecified atom stereocenters. The third kappa shape index (κ3) is 12.4. The smallest absolute Gasteiger partial charge is 0.490 e. The van der Waals surface area contributed by atoms with Crippen molar-refractivity contribution >= 4 is 45.1 Å². The Morgan fingerprint density at radius 1 is 0.855 bits per heavy atom. The summed E-state index contributed by atoms with van der Waals surface area (Å²) >= 11 is 8.42. The summed E-state index contributed by atoms with van der Waals surface area (Å²) in [7, 11) is 3.72.